The quantitative estimate of drug-likeness (QED) is 0.939. The van der Waals surface area contributed by atoms with Crippen LogP contribution >= 0.6 is 0 Å². The molecule has 2 aromatic heterocycles. The fourth-order valence-electron chi connectivity index (χ4n) is 1.84. The van der Waals surface area contributed by atoms with E-state index < -0.39 is 23.3 Å². The number of halogens is 3. The number of carbonyl (C=O) groups excluding carboxylic acids is 1. The fourth-order valence-corrected chi connectivity index (χ4v) is 1.84. The second-order valence-electron chi connectivity index (χ2n) is 4.80. The Kier molecular flexibility index (Phi) is 3.48. The molecule has 0 saturated carbocycles. The second kappa shape index (κ2) is 4.87. The van der Waals surface area contributed by atoms with Gasteiger partial charge in [0.1, 0.15) is 0 Å². The summed E-state index contributed by atoms with van der Waals surface area (Å²) >= 11 is 0. The predicted octanol–water partition coefficient (Wildman–Crippen LogP) is 1.85. The van der Waals surface area contributed by atoms with Crippen molar-refractivity contribution in [3.63, 3.8) is 0 Å². The minimum Gasteiger partial charge on any atom is -0.367 e. The number of nitrogens with zero attached hydrogens (tertiary/aromatic N) is 3. The van der Waals surface area contributed by atoms with Crippen molar-refractivity contribution in [1.82, 2.24) is 14.8 Å². The third-order valence-electron chi connectivity index (χ3n) is 3.23. The van der Waals surface area contributed by atoms with E-state index >= 15 is 0 Å². The van der Waals surface area contributed by atoms with Gasteiger partial charge in [0.2, 0.25) is 0 Å². The lowest BCUT2D eigenvalue weighted by atomic mass is 9.96. The summed E-state index contributed by atoms with van der Waals surface area (Å²) in [4.78, 5) is 15.9. The Labute approximate surface area is 118 Å². The molecule has 2 heterocycles. The molecule has 5 nitrogen and oxygen atoms in total. The molecule has 0 aliphatic rings. The Morgan fingerprint density at radius 3 is 2.33 bits per heavy atom. The molecule has 112 valence electrons. The van der Waals surface area contributed by atoms with Gasteiger partial charge in [0.25, 0.3) is 5.91 Å². The first kappa shape index (κ1) is 15.0. The lowest BCUT2D eigenvalue weighted by Gasteiger charge is -2.26. The standard InChI is InChI=1S/C13H13F3N4O/c1-8-3-4-9(18-7-8)12(2,11(17)21)20-6-5-10(19-20)13(14,15)16/h3-7H,1-2H3,(H2,17,21). The van der Waals surface area contributed by atoms with Gasteiger partial charge in [-0.25, -0.2) is 0 Å². The topological polar surface area (TPSA) is 73.8 Å². The molecule has 2 N–H and O–H groups in total. The zero-order valence-electron chi connectivity index (χ0n) is 11.3. The molecule has 0 bridgehead atoms. The Morgan fingerprint density at radius 2 is 1.90 bits per heavy atom. The molecule has 0 aliphatic carbocycles. The number of aryl methyl sites for hydroxylation is 1. The largest absolute Gasteiger partial charge is 0.435 e. The highest BCUT2D eigenvalue weighted by atomic mass is 19.4. The van der Waals surface area contributed by atoms with E-state index in [-0.39, 0.29) is 5.69 Å². The predicted molar refractivity (Wildman–Crippen MR) is 68.1 cm³/mol. The highest BCUT2D eigenvalue weighted by Crippen LogP contribution is 2.30. The molecule has 0 aromatic carbocycles. The van der Waals surface area contributed by atoms with E-state index in [1.54, 1.807) is 13.0 Å². The molecule has 1 unspecified atom stereocenters. The van der Waals surface area contributed by atoms with Gasteiger partial charge in [-0.1, -0.05) is 6.07 Å². The van der Waals surface area contributed by atoms with E-state index in [1.807, 2.05) is 0 Å². The maximum Gasteiger partial charge on any atom is 0.435 e. The van der Waals surface area contributed by atoms with Gasteiger partial charge in [0.05, 0.1) is 5.69 Å². The van der Waals surface area contributed by atoms with Crippen molar-refractivity contribution in [2.45, 2.75) is 25.6 Å². The molecule has 1 amide bonds. The van der Waals surface area contributed by atoms with Crippen molar-refractivity contribution in [3.05, 3.63) is 47.5 Å². The number of rotatable bonds is 3. The van der Waals surface area contributed by atoms with E-state index in [0.717, 1.165) is 22.5 Å². The number of alkyl halides is 3. The van der Waals surface area contributed by atoms with Crippen LogP contribution in [0.1, 0.15) is 23.9 Å². The minimum absolute atomic E-state index is 0.220. The van der Waals surface area contributed by atoms with E-state index in [4.69, 9.17) is 5.73 Å². The molecule has 0 radical (unpaired) electrons. The van der Waals surface area contributed by atoms with Gasteiger partial charge in [-0.05, 0) is 31.5 Å². The van der Waals surface area contributed by atoms with E-state index in [0.29, 0.717) is 0 Å². The molecule has 21 heavy (non-hydrogen) atoms. The van der Waals surface area contributed by atoms with Gasteiger partial charge in [-0.2, -0.15) is 18.3 Å². The Hall–Kier alpha value is -2.38. The Balaban J connectivity index is 2.55. The van der Waals surface area contributed by atoms with Crippen molar-refractivity contribution in [3.8, 4) is 0 Å². The van der Waals surface area contributed by atoms with E-state index in [1.165, 1.54) is 19.2 Å². The molecule has 1 atom stereocenters. The molecule has 2 rings (SSSR count). The van der Waals surface area contributed by atoms with Crippen LogP contribution in [0.4, 0.5) is 13.2 Å². The minimum atomic E-state index is -4.59. The number of primary amides is 1. The SMILES string of the molecule is Cc1ccc(C(C)(C(N)=O)n2ccc(C(F)(F)F)n2)nc1. The summed E-state index contributed by atoms with van der Waals surface area (Å²) in [5.41, 5.74) is 3.74. The molecule has 0 saturated heterocycles. The average Bonchev–Trinajstić information content (AvgIpc) is 2.88. The monoisotopic (exact) mass is 298 g/mol. The van der Waals surface area contributed by atoms with Gasteiger partial charge in [0.15, 0.2) is 11.2 Å². The van der Waals surface area contributed by atoms with Crippen LogP contribution in [0, 0.1) is 6.92 Å². The van der Waals surface area contributed by atoms with Crippen LogP contribution < -0.4 is 5.73 Å². The number of pyridine rings is 1. The number of carbonyl (C=O) groups is 1. The summed E-state index contributed by atoms with van der Waals surface area (Å²) in [5.74, 6) is -0.851. The maximum atomic E-state index is 12.6. The van der Waals surface area contributed by atoms with Crippen LogP contribution in [-0.4, -0.2) is 20.7 Å². The summed E-state index contributed by atoms with van der Waals surface area (Å²) in [6.45, 7) is 3.17. The van der Waals surface area contributed by atoms with Crippen molar-refractivity contribution in [2.75, 3.05) is 0 Å². The number of hydrogen-bond acceptors (Lipinski definition) is 3. The maximum absolute atomic E-state index is 12.6. The van der Waals surface area contributed by atoms with E-state index in [9.17, 15) is 18.0 Å². The van der Waals surface area contributed by atoms with Gasteiger partial charge in [0, 0.05) is 12.4 Å². The zero-order chi connectivity index (χ0) is 15.8. The molecule has 2 aromatic rings. The summed E-state index contributed by atoms with van der Waals surface area (Å²) in [5, 5.41) is 3.42. The normalized spacial score (nSPS) is 14.7. The van der Waals surface area contributed by atoms with Gasteiger partial charge >= 0.3 is 6.18 Å². The fraction of sp³-hybridized carbons (Fsp3) is 0.308. The smallest absolute Gasteiger partial charge is 0.367 e. The van der Waals surface area contributed by atoms with Crippen LogP contribution in [0.5, 0.6) is 0 Å². The highest BCUT2D eigenvalue weighted by molar-refractivity contribution is 5.85. The van der Waals surface area contributed by atoms with Gasteiger partial charge in [-0.15, -0.1) is 0 Å². The molecule has 0 fully saturated rings. The van der Waals surface area contributed by atoms with Crippen molar-refractivity contribution in [1.29, 1.82) is 0 Å². The lowest BCUT2D eigenvalue weighted by molar-refractivity contribution is -0.142. The summed E-state index contributed by atoms with van der Waals surface area (Å²) in [7, 11) is 0. The summed E-state index contributed by atoms with van der Waals surface area (Å²) < 4.78 is 38.8. The molecular formula is C13H13F3N4O. The van der Waals surface area contributed by atoms with Crippen LogP contribution in [0.15, 0.2) is 30.6 Å². The lowest BCUT2D eigenvalue weighted by Crippen LogP contribution is -2.46. The van der Waals surface area contributed by atoms with Crippen molar-refractivity contribution >= 4 is 5.91 Å². The first-order valence-electron chi connectivity index (χ1n) is 6.02. The molecule has 0 aliphatic heterocycles. The third-order valence-corrected chi connectivity index (χ3v) is 3.23. The van der Waals surface area contributed by atoms with Gasteiger partial charge < -0.3 is 5.73 Å². The first-order chi connectivity index (χ1) is 9.65. The van der Waals surface area contributed by atoms with Crippen LogP contribution in [0.3, 0.4) is 0 Å². The molecule has 0 spiro atoms. The first-order valence-corrected chi connectivity index (χ1v) is 6.02. The van der Waals surface area contributed by atoms with Crippen molar-refractivity contribution < 1.29 is 18.0 Å². The van der Waals surface area contributed by atoms with E-state index in [2.05, 4.69) is 10.1 Å². The zero-order valence-corrected chi connectivity index (χ0v) is 11.3. The van der Waals surface area contributed by atoms with Crippen molar-refractivity contribution in [2.24, 2.45) is 5.73 Å². The van der Waals surface area contributed by atoms with Gasteiger partial charge in [-0.3, -0.25) is 14.5 Å². The number of aromatic nitrogens is 3. The summed E-state index contributed by atoms with van der Waals surface area (Å²) in [6.07, 6.45) is -2.02. The summed E-state index contributed by atoms with van der Waals surface area (Å²) in [6, 6.07) is 4.02. The Morgan fingerprint density at radius 1 is 1.24 bits per heavy atom. The second-order valence-corrected chi connectivity index (χ2v) is 4.80. The molecular weight excluding hydrogens is 285 g/mol. The highest BCUT2D eigenvalue weighted by Gasteiger charge is 2.41. The van der Waals surface area contributed by atoms with Crippen LogP contribution in [0.25, 0.3) is 0 Å². The van der Waals surface area contributed by atoms with Crippen LogP contribution in [0.2, 0.25) is 0 Å². The number of amides is 1. The number of hydrogen-bond donors (Lipinski definition) is 1. The average molecular weight is 298 g/mol. The van der Waals surface area contributed by atoms with Crippen LogP contribution in [-0.2, 0) is 16.5 Å². The number of nitrogens with two attached hydrogens (primary N) is 1. The molecule has 8 heteroatoms. The Bertz CT molecular complexity index is 663. The third kappa shape index (κ3) is 2.61.